The van der Waals surface area contributed by atoms with E-state index in [-0.39, 0.29) is 5.91 Å². The van der Waals surface area contributed by atoms with E-state index in [9.17, 15) is 4.79 Å². The molecule has 0 aliphatic carbocycles. The summed E-state index contributed by atoms with van der Waals surface area (Å²) in [4.78, 5) is 17.2. The molecular formula is C14H19N3O. The van der Waals surface area contributed by atoms with Crippen molar-refractivity contribution in [2.75, 3.05) is 20.6 Å². The molecule has 1 aromatic heterocycles. The highest BCUT2D eigenvalue weighted by Gasteiger charge is 2.09. The largest absolute Gasteiger partial charge is 0.361 e. The molecule has 1 atom stereocenters. The van der Waals surface area contributed by atoms with Gasteiger partial charge in [-0.1, -0.05) is 6.07 Å². The van der Waals surface area contributed by atoms with Gasteiger partial charge in [-0.25, -0.2) is 0 Å². The Balaban J connectivity index is 2.04. The molecule has 0 spiro atoms. The molecule has 0 unspecified atom stereocenters. The fraction of sp³-hybridized carbons (Fsp3) is 0.357. The Kier molecular flexibility index (Phi) is 3.67. The van der Waals surface area contributed by atoms with Crippen LogP contribution in [0.5, 0.6) is 0 Å². The van der Waals surface area contributed by atoms with Gasteiger partial charge in [0.2, 0.25) is 0 Å². The van der Waals surface area contributed by atoms with Crippen molar-refractivity contribution in [2.24, 2.45) is 0 Å². The van der Waals surface area contributed by atoms with Gasteiger partial charge in [0.1, 0.15) is 0 Å². The molecule has 2 N–H and O–H groups in total. The summed E-state index contributed by atoms with van der Waals surface area (Å²) in [5.74, 6) is -0.0276. The van der Waals surface area contributed by atoms with Crippen molar-refractivity contribution in [1.82, 2.24) is 15.2 Å². The average Bonchev–Trinajstić information content (AvgIpc) is 2.82. The minimum atomic E-state index is -0.0276. The van der Waals surface area contributed by atoms with Gasteiger partial charge in [-0.15, -0.1) is 0 Å². The van der Waals surface area contributed by atoms with E-state index in [1.54, 1.807) is 0 Å². The maximum Gasteiger partial charge on any atom is 0.251 e. The fourth-order valence-electron chi connectivity index (χ4n) is 1.71. The summed E-state index contributed by atoms with van der Waals surface area (Å²) in [5.41, 5.74) is 1.68. The van der Waals surface area contributed by atoms with E-state index in [0.717, 1.165) is 10.9 Å². The number of hydrogen-bond donors (Lipinski definition) is 2. The number of carbonyl (C=O) groups is 1. The summed E-state index contributed by atoms with van der Waals surface area (Å²) in [6.45, 7) is 2.73. The standard InChI is InChI=1S/C14H19N3O/c1-10(17(2)3)9-16-14(18)12-5-4-11-6-7-15-13(11)8-12/h4-8,10,15H,9H2,1-3H3,(H,16,18)/t10-/m1/s1. The van der Waals surface area contributed by atoms with Crippen molar-refractivity contribution >= 4 is 16.8 Å². The molecule has 2 aromatic rings. The molecule has 2 rings (SSSR count). The fourth-order valence-corrected chi connectivity index (χ4v) is 1.71. The molecule has 1 aromatic carbocycles. The Morgan fingerprint density at radius 2 is 2.17 bits per heavy atom. The first-order valence-corrected chi connectivity index (χ1v) is 6.09. The van der Waals surface area contributed by atoms with Crippen LogP contribution < -0.4 is 5.32 Å². The maximum atomic E-state index is 12.0. The number of aromatic amines is 1. The second-order valence-corrected chi connectivity index (χ2v) is 4.80. The predicted molar refractivity (Wildman–Crippen MR) is 73.8 cm³/mol. The number of benzene rings is 1. The van der Waals surface area contributed by atoms with E-state index in [0.29, 0.717) is 18.2 Å². The lowest BCUT2D eigenvalue weighted by molar-refractivity contribution is 0.0944. The first-order chi connectivity index (χ1) is 8.58. The molecule has 1 amide bonds. The SMILES string of the molecule is C[C@H](CNC(=O)c1ccc2cc[nH]c2c1)N(C)C. The van der Waals surface area contributed by atoms with Crippen LogP contribution in [0, 0.1) is 0 Å². The van der Waals surface area contributed by atoms with Crippen LogP contribution >= 0.6 is 0 Å². The Hall–Kier alpha value is -1.81. The number of H-pyrrole nitrogens is 1. The number of fused-ring (bicyclic) bond motifs is 1. The van der Waals surface area contributed by atoms with Crippen molar-refractivity contribution < 1.29 is 4.79 Å². The van der Waals surface area contributed by atoms with Crippen molar-refractivity contribution in [3.63, 3.8) is 0 Å². The number of nitrogens with one attached hydrogen (secondary N) is 2. The molecule has 18 heavy (non-hydrogen) atoms. The number of nitrogens with zero attached hydrogens (tertiary/aromatic N) is 1. The van der Waals surface area contributed by atoms with Gasteiger partial charge in [0.25, 0.3) is 5.91 Å². The van der Waals surface area contributed by atoms with E-state index in [2.05, 4.69) is 22.1 Å². The first-order valence-electron chi connectivity index (χ1n) is 6.09. The third-order valence-corrected chi connectivity index (χ3v) is 3.26. The van der Waals surface area contributed by atoms with Gasteiger partial charge in [0, 0.05) is 29.9 Å². The third kappa shape index (κ3) is 2.71. The summed E-state index contributed by atoms with van der Waals surface area (Å²) < 4.78 is 0. The second-order valence-electron chi connectivity index (χ2n) is 4.80. The highest BCUT2D eigenvalue weighted by atomic mass is 16.1. The van der Waals surface area contributed by atoms with E-state index in [4.69, 9.17) is 0 Å². The number of amides is 1. The minimum Gasteiger partial charge on any atom is -0.361 e. The summed E-state index contributed by atoms with van der Waals surface area (Å²) in [5, 5.41) is 4.06. The van der Waals surface area contributed by atoms with Crippen molar-refractivity contribution in [1.29, 1.82) is 0 Å². The zero-order valence-electron chi connectivity index (χ0n) is 11.0. The van der Waals surface area contributed by atoms with Crippen molar-refractivity contribution in [2.45, 2.75) is 13.0 Å². The summed E-state index contributed by atoms with van der Waals surface area (Å²) in [7, 11) is 4.00. The zero-order chi connectivity index (χ0) is 13.1. The van der Waals surface area contributed by atoms with Crippen LogP contribution in [0.25, 0.3) is 10.9 Å². The lowest BCUT2D eigenvalue weighted by Crippen LogP contribution is -2.38. The van der Waals surface area contributed by atoms with Gasteiger partial charge in [-0.3, -0.25) is 4.79 Å². The van der Waals surface area contributed by atoms with Gasteiger partial charge in [-0.05, 0) is 44.6 Å². The van der Waals surface area contributed by atoms with Crippen LogP contribution in [-0.4, -0.2) is 42.5 Å². The Morgan fingerprint density at radius 1 is 1.39 bits per heavy atom. The highest BCUT2D eigenvalue weighted by Crippen LogP contribution is 2.13. The molecule has 0 bridgehead atoms. The molecule has 0 saturated heterocycles. The molecule has 1 heterocycles. The van der Waals surface area contributed by atoms with Crippen LogP contribution in [0.2, 0.25) is 0 Å². The van der Waals surface area contributed by atoms with Crippen molar-refractivity contribution in [3.8, 4) is 0 Å². The molecular weight excluding hydrogens is 226 g/mol. The lowest BCUT2D eigenvalue weighted by atomic mass is 10.1. The van der Waals surface area contributed by atoms with Crippen LogP contribution in [0.3, 0.4) is 0 Å². The molecule has 0 radical (unpaired) electrons. The molecule has 0 fully saturated rings. The molecule has 4 heteroatoms. The monoisotopic (exact) mass is 245 g/mol. The van der Waals surface area contributed by atoms with E-state index < -0.39 is 0 Å². The van der Waals surface area contributed by atoms with Gasteiger partial charge in [0.05, 0.1) is 0 Å². The third-order valence-electron chi connectivity index (χ3n) is 3.26. The maximum absolute atomic E-state index is 12.0. The smallest absolute Gasteiger partial charge is 0.251 e. The topological polar surface area (TPSA) is 48.1 Å². The number of rotatable bonds is 4. The Bertz CT molecular complexity index is 545. The predicted octanol–water partition coefficient (Wildman–Crippen LogP) is 1.85. The van der Waals surface area contributed by atoms with E-state index in [1.807, 2.05) is 44.6 Å². The van der Waals surface area contributed by atoms with Gasteiger partial charge in [-0.2, -0.15) is 0 Å². The van der Waals surface area contributed by atoms with Crippen LogP contribution in [0.15, 0.2) is 30.5 Å². The molecule has 0 aliphatic rings. The van der Waals surface area contributed by atoms with E-state index in [1.165, 1.54) is 0 Å². The zero-order valence-corrected chi connectivity index (χ0v) is 11.0. The molecule has 0 saturated carbocycles. The Labute approximate surface area is 107 Å². The van der Waals surface area contributed by atoms with Crippen molar-refractivity contribution in [3.05, 3.63) is 36.0 Å². The summed E-state index contributed by atoms with van der Waals surface area (Å²) in [6, 6.07) is 8.00. The highest BCUT2D eigenvalue weighted by molar-refractivity contribution is 5.97. The number of carbonyl (C=O) groups excluding carboxylic acids is 1. The number of likely N-dealkylation sites (N-methyl/N-ethyl adjacent to an activating group) is 1. The van der Waals surface area contributed by atoms with Crippen LogP contribution in [0.4, 0.5) is 0 Å². The molecule has 0 aliphatic heterocycles. The number of aromatic nitrogens is 1. The van der Waals surface area contributed by atoms with Gasteiger partial charge in [0.15, 0.2) is 0 Å². The van der Waals surface area contributed by atoms with E-state index >= 15 is 0 Å². The van der Waals surface area contributed by atoms with Crippen LogP contribution in [-0.2, 0) is 0 Å². The average molecular weight is 245 g/mol. The van der Waals surface area contributed by atoms with Gasteiger partial charge >= 0.3 is 0 Å². The Morgan fingerprint density at radius 3 is 2.89 bits per heavy atom. The lowest BCUT2D eigenvalue weighted by Gasteiger charge is -2.19. The molecule has 96 valence electrons. The van der Waals surface area contributed by atoms with Gasteiger partial charge < -0.3 is 15.2 Å². The first kappa shape index (κ1) is 12.6. The summed E-state index contributed by atoms with van der Waals surface area (Å²) >= 11 is 0. The normalized spacial score (nSPS) is 12.9. The molecule has 4 nitrogen and oxygen atoms in total. The quantitative estimate of drug-likeness (QED) is 0.863. The number of hydrogen-bond acceptors (Lipinski definition) is 2. The minimum absolute atomic E-state index is 0.0276. The second kappa shape index (κ2) is 5.23. The van der Waals surface area contributed by atoms with Crippen LogP contribution in [0.1, 0.15) is 17.3 Å². The summed E-state index contributed by atoms with van der Waals surface area (Å²) in [6.07, 6.45) is 1.88.